The predicted molar refractivity (Wildman–Crippen MR) is 239 cm³/mol. The van der Waals surface area contributed by atoms with Gasteiger partial charge in [0.15, 0.2) is 0 Å². The van der Waals surface area contributed by atoms with Gasteiger partial charge in [0.2, 0.25) is 35.3 Å². The summed E-state index contributed by atoms with van der Waals surface area (Å²) >= 11 is 9.31. The van der Waals surface area contributed by atoms with Gasteiger partial charge in [0.05, 0.1) is 13.2 Å². The van der Waals surface area contributed by atoms with Crippen LogP contribution in [0.5, 0.6) is 11.5 Å². The third kappa shape index (κ3) is 12.5. The van der Waals surface area contributed by atoms with Gasteiger partial charge in [0, 0.05) is 33.4 Å². The van der Waals surface area contributed by atoms with Crippen LogP contribution in [0.2, 0.25) is 0 Å². The summed E-state index contributed by atoms with van der Waals surface area (Å²) in [7, 11) is 0. The standard InChI is InChI=1S/C43H44N6O5.BBr3/c1-4-6-8-10-24-50-36-20-16-31(17-21-36)39-45-48-42(53-39)34-26-33(41-47-44-38(52-41)30-14-12-29(3)13-15-30)27-35(28-34)43-49-46-40(54-43)32-18-22-37(23-19-32)51-25-11-9-7-5-2;2-1(3)4/h12-23,26-28H,4-11,24-25H2,1-3H3;. The molecule has 300 valence electrons. The Hall–Kier alpha value is -4.60. The van der Waals surface area contributed by atoms with Gasteiger partial charge in [0.25, 0.3) is 0 Å². The third-order valence-electron chi connectivity index (χ3n) is 8.98. The molecular formula is C43H44BBr3N6O5. The minimum absolute atomic E-state index is 0.271. The van der Waals surface area contributed by atoms with E-state index in [1.807, 2.05) is 97.9 Å². The summed E-state index contributed by atoms with van der Waals surface area (Å²) in [5.74, 6) is 3.66. The van der Waals surface area contributed by atoms with Crippen molar-refractivity contribution in [3.63, 3.8) is 0 Å². The van der Waals surface area contributed by atoms with Gasteiger partial charge in [-0.15, -0.1) is 77.9 Å². The molecule has 0 aliphatic rings. The molecule has 7 rings (SSSR count). The van der Waals surface area contributed by atoms with E-state index in [9.17, 15) is 0 Å². The summed E-state index contributed by atoms with van der Waals surface area (Å²) in [5, 5.41) is 26.2. The molecule has 0 bridgehead atoms. The lowest BCUT2D eigenvalue weighted by atomic mass is 10.1. The van der Waals surface area contributed by atoms with Crippen LogP contribution in [0.1, 0.15) is 70.8 Å². The minimum Gasteiger partial charge on any atom is -0.494 e. The smallest absolute Gasteiger partial charge is 0.369 e. The highest BCUT2D eigenvalue weighted by Crippen LogP contribution is 2.35. The summed E-state index contributed by atoms with van der Waals surface area (Å²) in [6.07, 6.45) is 9.23. The molecule has 0 atom stereocenters. The predicted octanol–water partition coefficient (Wildman–Crippen LogP) is 13.2. The van der Waals surface area contributed by atoms with Crippen LogP contribution in [0.15, 0.2) is 104 Å². The molecule has 0 saturated carbocycles. The van der Waals surface area contributed by atoms with Gasteiger partial charge in [-0.3, -0.25) is 0 Å². The molecule has 15 heteroatoms. The van der Waals surface area contributed by atoms with Crippen LogP contribution in [0.25, 0.3) is 68.7 Å². The second-order valence-electron chi connectivity index (χ2n) is 13.5. The highest BCUT2D eigenvalue weighted by Gasteiger charge is 2.20. The fourth-order valence-corrected chi connectivity index (χ4v) is 5.89. The Morgan fingerprint density at radius 2 is 0.724 bits per heavy atom. The minimum atomic E-state index is 0.271. The number of nitrogens with zero attached hydrogens (tertiary/aromatic N) is 6. The zero-order valence-corrected chi connectivity index (χ0v) is 37.4. The van der Waals surface area contributed by atoms with Crippen LogP contribution in [0.3, 0.4) is 0 Å². The van der Waals surface area contributed by atoms with Crippen LogP contribution < -0.4 is 9.47 Å². The molecule has 0 spiro atoms. The van der Waals surface area contributed by atoms with Crippen molar-refractivity contribution in [2.75, 3.05) is 13.2 Å². The summed E-state index contributed by atoms with van der Waals surface area (Å²) in [6, 6.07) is 28.8. The van der Waals surface area contributed by atoms with Crippen molar-refractivity contribution in [3.8, 4) is 80.2 Å². The van der Waals surface area contributed by atoms with Crippen molar-refractivity contribution in [2.24, 2.45) is 0 Å². The molecule has 0 aliphatic heterocycles. The molecule has 0 radical (unpaired) electrons. The average Bonchev–Trinajstić information content (AvgIpc) is 4.04. The number of aromatic nitrogens is 6. The van der Waals surface area contributed by atoms with Crippen molar-refractivity contribution in [3.05, 3.63) is 96.6 Å². The molecule has 7 aromatic rings. The third-order valence-corrected chi connectivity index (χ3v) is 8.98. The molecule has 58 heavy (non-hydrogen) atoms. The number of halogens is 3. The van der Waals surface area contributed by atoms with Crippen LogP contribution in [0, 0.1) is 6.92 Å². The molecule has 0 saturated heterocycles. The highest BCUT2D eigenvalue weighted by atomic mass is 79.9. The lowest BCUT2D eigenvalue weighted by Crippen LogP contribution is -1.96. The van der Waals surface area contributed by atoms with Gasteiger partial charge < -0.3 is 22.7 Å². The van der Waals surface area contributed by atoms with Gasteiger partial charge in [-0.05, 0) is 98.6 Å². The first kappa shape index (κ1) is 43.0. The van der Waals surface area contributed by atoms with Gasteiger partial charge in [-0.2, -0.15) is 0 Å². The number of aryl methyl sites for hydroxylation is 1. The zero-order chi connectivity index (χ0) is 40.7. The van der Waals surface area contributed by atoms with Crippen LogP contribution >= 0.6 is 47.3 Å². The molecule has 0 aliphatic carbocycles. The SMILES string of the molecule is BrB(Br)Br.CCCCCCOc1ccc(-c2nnc(-c3cc(-c4nnc(-c5ccc(C)cc5)o4)cc(-c4nnc(-c5ccc(OCCCCCC)cc5)o4)c3)o2)cc1. The average molecular weight is 975 g/mol. The van der Waals surface area contributed by atoms with Crippen LogP contribution in [0.4, 0.5) is 0 Å². The summed E-state index contributed by atoms with van der Waals surface area (Å²) in [5.41, 5.74) is 5.36. The van der Waals surface area contributed by atoms with Crippen molar-refractivity contribution < 1.29 is 22.7 Å². The summed E-state index contributed by atoms with van der Waals surface area (Å²) in [6.45, 7) is 7.81. The summed E-state index contributed by atoms with van der Waals surface area (Å²) < 4.78 is 30.7. The number of hydrogen-bond acceptors (Lipinski definition) is 11. The second kappa shape index (κ2) is 22.0. The zero-order valence-electron chi connectivity index (χ0n) is 32.7. The first-order valence-electron chi connectivity index (χ1n) is 19.4. The van der Waals surface area contributed by atoms with Crippen molar-refractivity contribution >= 4 is 50.5 Å². The van der Waals surface area contributed by atoms with Crippen LogP contribution in [-0.4, -0.2) is 47.0 Å². The Morgan fingerprint density at radius 1 is 0.431 bits per heavy atom. The summed E-state index contributed by atoms with van der Waals surface area (Å²) in [4.78, 5) is 0. The van der Waals surface area contributed by atoms with Gasteiger partial charge in [-0.25, -0.2) is 0 Å². The van der Waals surface area contributed by atoms with Crippen molar-refractivity contribution in [2.45, 2.75) is 72.1 Å². The topological polar surface area (TPSA) is 135 Å². The fourth-order valence-electron chi connectivity index (χ4n) is 5.89. The maximum Gasteiger partial charge on any atom is 0.369 e. The largest absolute Gasteiger partial charge is 0.494 e. The Labute approximate surface area is 363 Å². The van der Waals surface area contributed by atoms with Gasteiger partial charge in [-0.1, -0.05) is 70.1 Å². The van der Waals surface area contributed by atoms with E-state index in [0.717, 1.165) is 46.6 Å². The first-order chi connectivity index (χ1) is 28.3. The molecule has 0 amide bonds. The van der Waals surface area contributed by atoms with Crippen molar-refractivity contribution in [1.29, 1.82) is 0 Å². The number of ether oxygens (including phenoxy) is 2. The van der Waals surface area contributed by atoms with E-state index in [1.54, 1.807) is 0 Å². The molecule has 3 aromatic heterocycles. The van der Waals surface area contributed by atoms with Gasteiger partial charge in [0.1, 0.15) is 11.5 Å². The fraction of sp³-hybridized carbons (Fsp3) is 0.302. The quantitative estimate of drug-likeness (QED) is 0.0600. The van der Waals surface area contributed by atoms with E-state index in [4.69, 9.17) is 22.7 Å². The second-order valence-corrected chi connectivity index (χ2v) is 19.9. The van der Waals surface area contributed by atoms with E-state index < -0.39 is 0 Å². The normalized spacial score (nSPS) is 10.9. The Balaban J connectivity index is 0.00000135. The Bertz CT molecular complexity index is 2180. The Kier molecular flexibility index (Phi) is 16.3. The van der Waals surface area contributed by atoms with Crippen molar-refractivity contribution in [1.82, 2.24) is 30.6 Å². The Morgan fingerprint density at radius 3 is 1.03 bits per heavy atom. The van der Waals surface area contributed by atoms with Crippen LogP contribution in [-0.2, 0) is 0 Å². The lowest BCUT2D eigenvalue weighted by molar-refractivity contribution is 0.305. The molecule has 11 nitrogen and oxygen atoms in total. The number of benzene rings is 4. The first-order valence-corrected chi connectivity index (χ1v) is 22.2. The van der Waals surface area contributed by atoms with E-state index in [0.29, 0.717) is 65.2 Å². The monoisotopic (exact) mass is 972 g/mol. The van der Waals surface area contributed by atoms with E-state index in [1.165, 1.54) is 38.5 Å². The number of hydrogen-bond donors (Lipinski definition) is 0. The molecule has 0 N–H and O–H groups in total. The molecule has 0 fully saturated rings. The number of rotatable bonds is 18. The molecule has 4 aromatic carbocycles. The van der Waals surface area contributed by atoms with E-state index >= 15 is 0 Å². The number of unbranched alkanes of at least 4 members (excludes halogenated alkanes) is 6. The van der Waals surface area contributed by atoms with E-state index in [2.05, 4.69) is 91.7 Å². The lowest BCUT2D eigenvalue weighted by Gasteiger charge is -2.06. The van der Waals surface area contributed by atoms with E-state index in [-0.39, 0.29) is 3.18 Å². The molecule has 3 heterocycles. The molecular weight excluding hydrogens is 931 g/mol. The van der Waals surface area contributed by atoms with Gasteiger partial charge >= 0.3 is 3.18 Å². The maximum absolute atomic E-state index is 6.21. The molecule has 0 unspecified atom stereocenters. The maximum atomic E-state index is 6.21. The highest BCUT2D eigenvalue weighted by molar-refractivity contribution is 9.69.